The zero-order valence-corrected chi connectivity index (χ0v) is 12.4. The number of nitrogens with two attached hydrogens (primary N) is 2. The molecule has 0 aliphatic carbocycles. The van der Waals surface area contributed by atoms with E-state index in [1.807, 2.05) is 12.1 Å². The SMILES string of the molecule is CN1CCN(C)C(CC(Cc2cccnc2N)NN)C1. The Morgan fingerprint density at radius 3 is 2.95 bits per heavy atom. The van der Waals surface area contributed by atoms with E-state index in [2.05, 4.69) is 34.3 Å². The van der Waals surface area contributed by atoms with Crippen molar-refractivity contribution in [3.05, 3.63) is 23.9 Å². The molecule has 1 aromatic heterocycles. The number of nitrogens with zero attached hydrogens (tertiary/aromatic N) is 3. The lowest BCUT2D eigenvalue weighted by Gasteiger charge is -2.39. The molecule has 0 spiro atoms. The summed E-state index contributed by atoms with van der Waals surface area (Å²) in [5.41, 5.74) is 9.90. The van der Waals surface area contributed by atoms with Crippen molar-refractivity contribution in [2.24, 2.45) is 5.84 Å². The van der Waals surface area contributed by atoms with Crippen molar-refractivity contribution in [3.63, 3.8) is 0 Å². The number of nitrogen functional groups attached to an aromatic ring is 1. The van der Waals surface area contributed by atoms with Crippen LogP contribution in [0.4, 0.5) is 5.82 Å². The first-order chi connectivity index (χ1) is 9.60. The Morgan fingerprint density at radius 1 is 1.45 bits per heavy atom. The van der Waals surface area contributed by atoms with Crippen LogP contribution < -0.4 is 17.0 Å². The Hall–Kier alpha value is -1.21. The molecule has 6 heteroatoms. The minimum atomic E-state index is 0.209. The fraction of sp³-hybridized carbons (Fsp3) is 0.643. The van der Waals surface area contributed by atoms with Crippen molar-refractivity contribution in [1.82, 2.24) is 20.2 Å². The highest BCUT2D eigenvalue weighted by atomic mass is 15.3. The second-order valence-electron chi connectivity index (χ2n) is 5.75. The predicted octanol–water partition coefficient (Wildman–Crippen LogP) is -0.326. The van der Waals surface area contributed by atoms with Crippen LogP contribution in [0.3, 0.4) is 0 Å². The van der Waals surface area contributed by atoms with Crippen LogP contribution in [0, 0.1) is 0 Å². The van der Waals surface area contributed by atoms with Crippen LogP contribution in [-0.4, -0.2) is 60.6 Å². The second kappa shape index (κ2) is 6.99. The summed E-state index contributed by atoms with van der Waals surface area (Å²) in [5.74, 6) is 6.32. The molecule has 2 atom stereocenters. The number of hydrazine groups is 1. The highest BCUT2D eigenvalue weighted by molar-refractivity contribution is 5.38. The van der Waals surface area contributed by atoms with E-state index in [9.17, 15) is 0 Å². The zero-order valence-electron chi connectivity index (χ0n) is 12.4. The standard InChI is InChI=1S/C14H26N6/c1-19-6-7-20(2)13(10-19)9-12(18-16)8-11-4-3-5-17-14(11)15/h3-5,12-13,18H,6-10,16H2,1-2H3,(H2,15,17). The van der Waals surface area contributed by atoms with Crippen molar-refractivity contribution in [3.8, 4) is 0 Å². The van der Waals surface area contributed by atoms with Gasteiger partial charge in [0.1, 0.15) is 5.82 Å². The topological polar surface area (TPSA) is 83.4 Å². The molecule has 2 rings (SSSR count). The zero-order chi connectivity index (χ0) is 14.5. The van der Waals surface area contributed by atoms with Crippen LogP contribution in [0.2, 0.25) is 0 Å². The number of nitrogens with one attached hydrogen (secondary N) is 1. The molecule has 0 aromatic carbocycles. The third-order valence-electron chi connectivity index (χ3n) is 4.16. The van der Waals surface area contributed by atoms with Gasteiger partial charge in [0.15, 0.2) is 0 Å². The maximum absolute atomic E-state index is 5.91. The van der Waals surface area contributed by atoms with E-state index in [1.54, 1.807) is 6.20 Å². The van der Waals surface area contributed by atoms with Gasteiger partial charge in [-0.1, -0.05) is 6.07 Å². The van der Waals surface area contributed by atoms with Crippen LogP contribution >= 0.6 is 0 Å². The van der Waals surface area contributed by atoms with E-state index in [0.717, 1.165) is 38.0 Å². The summed E-state index contributed by atoms with van der Waals surface area (Å²) >= 11 is 0. The molecule has 0 radical (unpaired) electrons. The molecule has 112 valence electrons. The van der Waals surface area contributed by atoms with Crippen LogP contribution in [0.5, 0.6) is 0 Å². The summed E-state index contributed by atoms with van der Waals surface area (Å²) in [4.78, 5) is 8.92. The van der Waals surface area contributed by atoms with Crippen LogP contribution in [-0.2, 0) is 6.42 Å². The Labute approximate surface area is 121 Å². The molecule has 1 aliphatic heterocycles. The lowest BCUT2D eigenvalue weighted by atomic mass is 9.98. The number of anilines is 1. The first kappa shape index (κ1) is 15.2. The van der Waals surface area contributed by atoms with Crippen molar-refractivity contribution >= 4 is 5.82 Å². The van der Waals surface area contributed by atoms with Gasteiger partial charge >= 0.3 is 0 Å². The summed E-state index contributed by atoms with van der Waals surface area (Å²) in [6.45, 7) is 3.31. The van der Waals surface area contributed by atoms with E-state index in [-0.39, 0.29) is 6.04 Å². The molecule has 6 nitrogen and oxygen atoms in total. The summed E-state index contributed by atoms with van der Waals surface area (Å²) in [5, 5.41) is 0. The average Bonchev–Trinajstić information content (AvgIpc) is 2.44. The minimum absolute atomic E-state index is 0.209. The monoisotopic (exact) mass is 278 g/mol. The van der Waals surface area contributed by atoms with Crippen LogP contribution in [0.25, 0.3) is 0 Å². The van der Waals surface area contributed by atoms with E-state index >= 15 is 0 Å². The molecule has 1 fully saturated rings. The Balaban J connectivity index is 1.96. The van der Waals surface area contributed by atoms with Crippen molar-refractivity contribution < 1.29 is 0 Å². The third-order valence-corrected chi connectivity index (χ3v) is 4.16. The van der Waals surface area contributed by atoms with Crippen molar-refractivity contribution in [2.75, 3.05) is 39.5 Å². The average molecular weight is 278 g/mol. The summed E-state index contributed by atoms with van der Waals surface area (Å²) in [7, 11) is 4.35. The molecule has 2 unspecified atom stereocenters. The number of pyridine rings is 1. The van der Waals surface area contributed by atoms with Gasteiger partial charge in [-0.15, -0.1) is 0 Å². The molecule has 20 heavy (non-hydrogen) atoms. The highest BCUT2D eigenvalue weighted by Crippen LogP contribution is 2.16. The fourth-order valence-corrected chi connectivity index (χ4v) is 2.78. The minimum Gasteiger partial charge on any atom is -0.383 e. The third kappa shape index (κ3) is 3.89. The van der Waals surface area contributed by atoms with E-state index in [1.165, 1.54) is 0 Å². The van der Waals surface area contributed by atoms with E-state index in [0.29, 0.717) is 11.9 Å². The number of rotatable bonds is 5. The van der Waals surface area contributed by atoms with E-state index < -0.39 is 0 Å². The Kier molecular flexibility index (Phi) is 5.31. The number of hydrogen-bond donors (Lipinski definition) is 3. The quantitative estimate of drug-likeness (QED) is 0.505. The van der Waals surface area contributed by atoms with Crippen LogP contribution in [0.15, 0.2) is 18.3 Å². The van der Waals surface area contributed by atoms with Crippen molar-refractivity contribution in [1.29, 1.82) is 0 Å². The van der Waals surface area contributed by atoms with Gasteiger partial charge in [-0.25, -0.2) is 4.98 Å². The number of likely N-dealkylation sites (N-methyl/N-ethyl adjacent to an activating group) is 2. The Morgan fingerprint density at radius 2 is 2.25 bits per heavy atom. The van der Waals surface area contributed by atoms with Gasteiger partial charge in [0, 0.05) is 37.9 Å². The summed E-state index contributed by atoms with van der Waals surface area (Å²) < 4.78 is 0. The van der Waals surface area contributed by atoms with Crippen LogP contribution in [0.1, 0.15) is 12.0 Å². The molecular formula is C14H26N6. The maximum atomic E-state index is 5.91. The maximum Gasteiger partial charge on any atom is 0.126 e. The normalized spacial score (nSPS) is 22.9. The van der Waals surface area contributed by atoms with Gasteiger partial charge in [-0.2, -0.15) is 0 Å². The number of piperazine rings is 1. The lowest BCUT2D eigenvalue weighted by Crippen LogP contribution is -2.53. The first-order valence-corrected chi connectivity index (χ1v) is 7.14. The largest absolute Gasteiger partial charge is 0.383 e. The molecule has 1 saturated heterocycles. The number of hydrogen-bond acceptors (Lipinski definition) is 6. The smallest absolute Gasteiger partial charge is 0.126 e. The molecule has 1 aliphatic rings. The molecule has 0 bridgehead atoms. The Bertz CT molecular complexity index is 424. The predicted molar refractivity (Wildman–Crippen MR) is 82.0 cm³/mol. The first-order valence-electron chi connectivity index (χ1n) is 7.14. The second-order valence-corrected chi connectivity index (χ2v) is 5.75. The van der Waals surface area contributed by atoms with Gasteiger partial charge in [-0.05, 0) is 38.6 Å². The summed E-state index contributed by atoms with van der Waals surface area (Å²) in [6, 6.07) is 4.66. The molecule has 0 amide bonds. The fourth-order valence-electron chi connectivity index (χ4n) is 2.78. The molecule has 5 N–H and O–H groups in total. The molecular weight excluding hydrogens is 252 g/mol. The van der Waals surface area contributed by atoms with Gasteiger partial charge in [-0.3, -0.25) is 11.3 Å². The molecule has 2 heterocycles. The molecule has 1 aromatic rings. The van der Waals surface area contributed by atoms with Gasteiger partial charge in [0.2, 0.25) is 0 Å². The lowest BCUT2D eigenvalue weighted by molar-refractivity contribution is 0.101. The van der Waals surface area contributed by atoms with E-state index in [4.69, 9.17) is 11.6 Å². The van der Waals surface area contributed by atoms with Crippen molar-refractivity contribution in [2.45, 2.75) is 24.9 Å². The van der Waals surface area contributed by atoms with Gasteiger partial charge < -0.3 is 15.5 Å². The summed E-state index contributed by atoms with van der Waals surface area (Å²) in [6.07, 6.45) is 3.53. The van der Waals surface area contributed by atoms with Gasteiger partial charge in [0.25, 0.3) is 0 Å². The molecule has 0 saturated carbocycles. The van der Waals surface area contributed by atoms with Gasteiger partial charge in [0.05, 0.1) is 0 Å². The number of aromatic nitrogens is 1. The highest BCUT2D eigenvalue weighted by Gasteiger charge is 2.25.